The van der Waals surface area contributed by atoms with Crippen LogP contribution >= 0.6 is 10.9 Å². The number of ether oxygens (including phenoxy) is 2. The number of carbonyl (C=O) groups is 1. The normalized spacial score (nSPS) is 15.3. The van der Waals surface area contributed by atoms with E-state index in [0.29, 0.717) is 5.75 Å². The Hall–Kier alpha value is -2.56. The molecule has 0 aliphatic heterocycles. The Morgan fingerprint density at radius 3 is 1.85 bits per heavy atom. The third-order valence-electron chi connectivity index (χ3n) is 6.60. The summed E-state index contributed by atoms with van der Waals surface area (Å²) in [6, 6.07) is 25.6. The van der Waals surface area contributed by atoms with Gasteiger partial charge in [-0.1, -0.05) is 56.2 Å². The summed E-state index contributed by atoms with van der Waals surface area (Å²) in [7, 11) is -0.698. The van der Waals surface area contributed by atoms with Gasteiger partial charge in [0, 0.05) is 0 Å². The third-order valence-corrected chi connectivity index (χ3v) is 9.01. The van der Waals surface area contributed by atoms with Crippen molar-refractivity contribution in [2.75, 3.05) is 6.61 Å². The van der Waals surface area contributed by atoms with Crippen LogP contribution < -0.4 is 4.74 Å². The zero-order chi connectivity index (χ0) is 23.3. The topological polar surface area (TPSA) is 35.5 Å². The molecule has 4 rings (SSSR count). The number of carbonyl (C=O) groups excluding carboxylic acids is 1. The van der Waals surface area contributed by atoms with E-state index in [9.17, 15) is 4.79 Å². The van der Waals surface area contributed by atoms with Gasteiger partial charge in [0.05, 0.1) is 5.60 Å². The van der Waals surface area contributed by atoms with Gasteiger partial charge >= 0.3 is 5.97 Å². The van der Waals surface area contributed by atoms with Crippen LogP contribution in [0.1, 0.15) is 50.2 Å². The predicted octanol–water partition coefficient (Wildman–Crippen LogP) is 7.43. The minimum Gasteiger partial charge on any atom is -0.424 e. The molecular weight excluding hydrogens is 428 g/mol. The molecular formula is C29H34O3S. The Labute approximate surface area is 200 Å². The van der Waals surface area contributed by atoms with Gasteiger partial charge < -0.3 is 9.47 Å². The monoisotopic (exact) mass is 462 g/mol. The highest BCUT2D eigenvalue weighted by molar-refractivity contribution is 8.17. The van der Waals surface area contributed by atoms with Crippen molar-refractivity contribution in [3.8, 4) is 5.75 Å². The lowest BCUT2D eigenvalue weighted by Crippen LogP contribution is -2.32. The van der Waals surface area contributed by atoms with E-state index >= 15 is 0 Å². The maximum atomic E-state index is 12.7. The Morgan fingerprint density at radius 1 is 0.848 bits per heavy atom. The van der Waals surface area contributed by atoms with Gasteiger partial charge in [-0.25, -0.2) is 4.79 Å². The van der Waals surface area contributed by atoms with Crippen LogP contribution in [-0.4, -0.2) is 18.2 Å². The molecule has 0 aromatic heterocycles. The molecule has 0 amide bonds. The first kappa shape index (κ1) is 23.6. The smallest absolute Gasteiger partial charge is 0.337 e. The van der Waals surface area contributed by atoms with E-state index in [2.05, 4.69) is 79.7 Å². The molecule has 0 bridgehead atoms. The summed E-state index contributed by atoms with van der Waals surface area (Å²) in [6.07, 6.45) is 5.36. The first-order valence-corrected chi connectivity index (χ1v) is 13.2. The molecule has 0 atom stereocenters. The van der Waals surface area contributed by atoms with Gasteiger partial charge in [0.2, 0.25) is 0 Å². The molecule has 1 fully saturated rings. The molecule has 33 heavy (non-hydrogen) atoms. The number of aryl methyl sites for hydroxylation is 2. The van der Waals surface area contributed by atoms with Crippen molar-refractivity contribution in [3.05, 3.63) is 83.9 Å². The highest BCUT2D eigenvalue weighted by Crippen LogP contribution is 2.52. The molecule has 0 heterocycles. The fourth-order valence-corrected chi connectivity index (χ4v) is 7.27. The fraction of sp³-hybridized carbons (Fsp3) is 0.345. The number of hydrogen-bond acceptors (Lipinski definition) is 3. The van der Waals surface area contributed by atoms with Crippen LogP contribution in [0, 0.1) is 13.8 Å². The molecule has 0 unspecified atom stereocenters. The number of benzene rings is 3. The van der Waals surface area contributed by atoms with Crippen LogP contribution in [0.25, 0.3) is 0 Å². The lowest BCUT2D eigenvalue weighted by atomic mass is 9.99. The Morgan fingerprint density at radius 2 is 1.36 bits per heavy atom. The molecule has 4 heteroatoms. The van der Waals surface area contributed by atoms with Crippen LogP contribution in [0.5, 0.6) is 5.75 Å². The van der Waals surface area contributed by atoms with Crippen molar-refractivity contribution in [1.82, 2.24) is 0 Å². The minimum atomic E-state index is -0.698. The maximum Gasteiger partial charge on any atom is 0.337 e. The SMILES string of the molecule is CCC1(OCC(=O)Oc2c(C)cc([SH](c3ccccc3)c3ccccc3)cc2C)CCCC1. The van der Waals surface area contributed by atoms with E-state index < -0.39 is 10.9 Å². The fourth-order valence-electron chi connectivity index (χ4n) is 4.79. The molecule has 1 saturated carbocycles. The maximum absolute atomic E-state index is 12.7. The summed E-state index contributed by atoms with van der Waals surface area (Å²) in [4.78, 5) is 16.5. The van der Waals surface area contributed by atoms with Crippen LogP contribution in [0.3, 0.4) is 0 Å². The van der Waals surface area contributed by atoms with Gasteiger partial charge in [-0.3, -0.25) is 0 Å². The van der Waals surface area contributed by atoms with Gasteiger partial charge in [-0.05, 0) is 95.3 Å². The molecule has 3 nitrogen and oxygen atoms in total. The van der Waals surface area contributed by atoms with Crippen LogP contribution in [-0.2, 0) is 9.53 Å². The summed E-state index contributed by atoms with van der Waals surface area (Å²) in [5.41, 5.74) is 1.81. The molecule has 3 aromatic carbocycles. The van der Waals surface area contributed by atoms with Crippen molar-refractivity contribution in [2.24, 2.45) is 0 Å². The van der Waals surface area contributed by atoms with Gasteiger partial charge in [-0.2, -0.15) is 10.9 Å². The lowest BCUT2D eigenvalue weighted by Gasteiger charge is -2.27. The summed E-state index contributed by atoms with van der Waals surface area (Å²) in [6.45, 7) is 6.19. The largest absolute Gasteiger partial charge is 0.424 e. The van der Waals surface area contributed by atoms with E-state index in [1.54, 1.807) is 0 Å². The second kappa shape index (κ2) is 10.6. The lowest BCUT2D eigenvalue weighted by molar-refractivity contribution is -0.147. The van der Waals surface area contributed by atoms with E-state index in [1.807, 2.05) is 13.8 Å². The first-order chi connectivity index (χ1) is 16.0. The van der Waals surface area contributed by atoms with Crippen molar-refractivity contribution in [3.63, 3.8) is 0 Å². The summed E-state index contributed by atoms with van der Waals surface area (Å²) < 4.78 is 11.9. The van der Waals surface area contributed by atoms with Gasteiger partial charge in [0.25, 0.3) is 0 Å². The molecule has 3 aromatic rings. The zero-order valence-corrected chi connectivity index (χ0v) is 20.7. The third kappa shape index (κ3) is 5.51. The van der Waals surface area contributed by atoms with Gasteiger partial charge in [0.1, 0.15) is 12.4 Å². The first-order valence-electron chi connectivity index (χ1n) is 11.9. The number of hydrogen-bond donors (Lipinski definition) is 1. The molecule has 174 valence electrons. The van der Waals surface area contributed by atoms with E-state index in [-0.39, 0.29) is 18.2 Å². The van der Waals surface area contributed by atoms with Crippen molar-refractivity contribution < 1.29 is 14.3 Å². The zero-order valence-electron chi connectivity index (χ0n) is 19.8. The number of thiol groups is 1. The highest BCUT2D eigenvalue weighted by atomic mass is 32.2. The Kier molecular flexibility index (Phi) is 7.56. The molecule has 1 aliphatic rings. The second-order valence-electron chi connectivity index (χ2n) is 8.92. The van der Waals surface area contributed by atoms with E-state index in [0.717, 1.165) is 30.4 Å². The van der Waals surface area contributed by atoms with Crippen LogP contribution in [0.4, 0.5) is 0 Å². The van der Waals surface area contributed by atoms with Crippen molar-refractivity contribution in [1.29, 1.82) is 0 Å². The quantitative estimate of drug-likeness (QED) is 0.215. The summed E-state index contributed by atoms with van der Waals surface area (Å²) in [5.74, 6) is 0.336. The van der Waals surface area contributed by atoms with Gasteiger partial charge in [0.15, 0.2) is 0 Å². The van der Waals surface area contributed by atoms with E-state index in [1.165, 1.54) is 27.5 Å². The molecule has 0 radical (unpaired) electrons. The average Bonchev–Trinajstić information content (AvgIpc) is 3.31. The van der Waals surface area contributed by atoms with Gasteiger partial charge in [-0.15, -0.1) is 0 Å². The standard InChI is InChI=1S/C29H34O3S/c1-4-29(17-11-12-18-29)31-21-27(30)32-28-22(2)19-26(20-23(28)3)33(24-13-7-5-8-14-24)25-15-9-6-10-16-25/h5-10,13-16,19-20,33H,4,11-12,17-18,21H2,1-3H3. The highest BCUT2D eigenvalue weighted by Gasteiger charge is 2.33. The predicted molar refractivity (Wildman–Crippen MR) is 136 cm³/mol. The summed E-state index contributed by atoms with van der Waals surface area (Å²) >= 11 is 0. The van der Waals surface area contributed by atoms with Crippen LogP contribution in [0.2, 0.25) is 0 Å². The summed E-state index contributed by atoms with van der Waals surface area (Å²) in [5, 5.41) is 0. The molecule has 1 aliphatic carbocycles. The second-order valence-corrected chi connectivity index (χ2v) is 11.1. The van der Waals surface area contributed by atoms with Crippen molar-refractivity contribution in [2.45, 2.75) is 73.2 Å². The van der Waals surface area contributed by atoms with E-state index in [4.69, 9.17) is 9.47 Å². The molecule has 0 spiro atoms. The number of esters is 1. The average molecular weight is 463 g/mol. The number of rotatable bonds is 8. The minimum absolute atomic E-state index is 0.00914. The molecule has 0 N–H and O–H groups in total. The Balaban J connectivity index is 1.56. The molecule has 0 saturated heterocycles. The Bertz CT molecular complexity index is 1010. The van der Waals surface area contributed by atoms with Crippen LogP contribution in [0.15, 0.2) is 87.5 Å². The van der Waals surface area contributed by atoms with Crippen molar-refractivity contribution >= 4 is 16.9 Å².